The van der Waals surface area contributed by atoms with Gasteiger partial charge in [-0.25, -0.2) is 0 Å². The van der Waals surface area contributed by atoms with E-state index < -0.39 is 0 Å². The molecule has 0 spiro atoms. The predicted molar refractivity (Wildman–Crippen MR) is 36.7 cm³/mol. The smallest absolute Gasteiger partial charge is 0.0675 e. The number of rotatable bonds is 0. The highest BCUT2D eigenvalue weighted by Crippen LogP contribution is 1.73. The molecule has 64 valence electrons. The summed E-state index contributed by atoms with van der Waals surface area (Å²) in [5.41, 5.74) is 0. The summed E-state index contributed by atoms with van der Waals surface area (Å²) in [6.07, 6.45) is 0. The van der Waals surface area contributed by atoms with Crippen molar-refractivity contribution in [3.05, 3.63) is 0 Å². The summed E-state index contributed by atoms with van der Waals surface area (Å²) in [6, 6.07) is 0. The van der Waals surface area contributed by atoms with E-state index in [1.54, 1.807) is 0 Å². The molecule has 0 unspecified atom stereocenters. The highest BCUT2D eigenvalue weighted by Gasteiger charge is 1.88. The molecule has 0 radical (unpaired) electrons. The van der Waals surface area contributed by atoms with Gasteiger partial charge in [-0.3, -0.25) is 0 Å². The van der Waals surface area contributed by atoms with Gasteiger partial charge in [-0.2, -0.15) is 0 Å². The Kier molecular flexibility index (Phi) is 44.2. The second-order valence-electron chi connectivity index (χ2n) is 2.68. The van der Waals surface area contributed by atoms with Gasteiger partial charge < -0.3 is 26.4 Å². The van der Waals surface area contributed by atoms with Crippen LogP contribution < -0.4 is 0 Å². The molecule has 0 fully saturated rings. The fourth-order valence-electron chi connectivity index (χ4n) is 0. The molecule has 0 heterocycles. The van der Waals surface area contributed by atoms with Crippen LogP contribution in [0.3, 0.4) is 0 Å². The molecule has 7 N–H and O–H groups in total. The topological polar surface area (TPSA) is 124 Å². The Morgan fingerprint density at radius 2 is 0.667 bits per heavy atom. The molecule has 0 aliphatic rings. The molecule has 0 aliphatic carbocycles. The number of nitrogens with zero attached hydrogens (tertiary/aromatic N) is 1. The Balaban J connectivity index is -0.0000000133. The lowest BCUT2D eigenvalue weighted by Gasteiger charge is -2.14. The van der Waals surface area contributed by atoms with Crippen molar-refractivity contribution >= 4 is 0 Å². The van der Waals surface area contributed by atoms with Crippen LogP contribution in [0, 0.1) is 0 Å². The van der Waals surface area contributed by atoms with Crippen molar-refractivity contribution in [1.29, 1.82) is 0 Å². The normalized spacial score (nSPS) is 6.67. The molecule has 5 heteroatoms. The largest absolute Gasteiger partial charge is 0.870 e. The monoisotopic (exact) mass is 145 g/mol. The number of quaternary nitrogens is 1. The van der Waals surface area contributed by atoms with E-state index >= 15 is 0 Å². The minimum Gasteiger partial charge on any atom is -0.870 e. The van der Waals surface area contributed by atoms with Crippen LogP contribution in [0.15, 0.2) is 0 Å². The van der Waals surface area contributed by atoms with E-state index in [4.69, 9.17) is 0 Å². The van der Waals surface area contributed by atoms with Crippen molar-refractivity contribution < 1.29 is 26.4 Å². The van der Waals surface area contributed by atoms with E-state index in [0.717, 1.165) is 4.48 Å². The average Bonchev–Trinajstić information content (AvgIpc) is 0.722. The highest BCUT2D eigenvalue weighted by atomic mass is 16.0. The minimum absolute atomic E-state index is 0. The summed E-state index contributed by atoms with van der Waals surface area (Å²) in [7, 11) is 8.50. The zero-order valence-corrected chi connectivity index (χ0v) is 6.39. The Morgan fingerprint density at radius 3 is 0.667 bits per heavy atom. The summed E-state index contributed by atoms with van der Waals surface area (Å²) in [6.45, 7) is 0. The second-order valence-corrected chi connectivity index (χ2v) is 2.68. The number of hydrogen-bond donors (Lipinski definition) is 0. The van der Waals surface area contributed by atoms with Crippen LogP contribution in [-0.2, 0) is 0 Å². The second kappa shape index (κ2) is 10.7. The first-order valence-electron chi connectivity index (χ1n) is 1.79. The van der Waals surface area contributed by atoms with Crippen LogP contribution in [-0.4, -0.2) is 54.6 Å². The molecule has 0 saturated heterocycles. The van der Waals surface area contributed by atoms with Crippen LogP contribution in [0.25, 0.3) is 0 Å². The first-order valence-corrected chi connectivity index (χ1v) is 1.79. The van der Waals surface area contributed by atoms with E-state index in [9.17, 15) is 0 Å². The van der Waals surface area contributed by atoms with E-state index in [1.165, 1.54) is 0 Å². The molecule has 0 aliphatic heterocycles. The first-order chi connectivity index (χ1) is 2.00. The van der Waals surface area contributed by atoms with Gasteiger partial charge >= 0.3 is 0 Å². The molecular formula is C4H19NO4. The van der Waals surface area contributed by atoms with Gasteiger partial charge in [-0.05, 0) is 0 Å². The molecule has 0 amide bonds. The van der Waals surface area contributed by atoms with Gasteiger partial charge in [0.1, 0.15) is 0 Å². The fraction of sp³-hybridized carbons (Fsp3) is 1.00. The molecule has 0 aromatic carbocycles. The Morgan fingerprint density at radius 1 is 0.667 bits per heavy atom. The van der Waals surface area contributed by atoms with Gasteiger partial charge in [0.25, 0.3) is 0 Å². The maximum atomic E-state index is 2.12. The van der Waals surface area contributed by atoms with Crippen molar-refractivity contribution in [2.45, 2.75) is 0 Å². The lowest BCUT2D eigenvalue weighted by Crippen LogP contribution is -2.27. The third kappa shape index (κ3) is 6560. The van der Waals surface area contributed by atoms with Gasteiger partial charge in [-0.15, -0.1) is 0 Å². The van der Waals surface area contributed by atoms with E-state index in [-0.39, 0.29) is 21.9 Å². The van der Waals surface area contributed by atoms with Crippen molar-refractivity contribution in [3.63, 3.8) is 0 Å². The van der Waals surface area contributed by atoms with Crippen LogP contribution in [0.2, 0.25) is 0 Å². The fourth-order valence-corrected chi connectivity index (χ4v) is 0. The minimum atomic E-state index is 0. The molecule has 0 aromatic heterocycles. The van der Waals surface area contributed by atoms with Gasteiger partial charge in [0.2, 0.25) is 0 Å². The molecule has 0 saturated carbocycles. The maximum absolute atomic E-state index is 2.12. The van der Waals surface area contributed by atoms with Crippen LogP contribution >= 0.6 is 0 Å². The van der Waals surface area contributed by atoms with E-state index in [2.05, 4.69) is 28.2 Å². The van der Waals surface area contributed by atoms with Crippen molar-refractivity contribution in [2.75, 3.05) is 28.2 Å². The van der Waals surface area contributed by atoms with Crippen LogP contribution in [0.1, 0.15) is 0 Å². The molecule has 0 rings (SSSR count). The van der Waals surface area contributed by atoms with E-state index in [1.807, 2.05) is 0 Å². The molecule has 5 nitrogen and oxygen atoms in total. The molecule has 9 heavy (non-hydrogen) atoms. The third-order valence-corrected chi connectivity index (χ3v) is 0. The van der Waals surface area contributed by atoms with Crippen molar-refractivity contribution in [3.8, 4) is 0 Å². The van der Waals surface area contributed by atoms with Gasteiger partial charge in [0, 0.05) is 0 Å². The summed E-state index contributed by atoms with van der Waals surface area (Å²) in [4.78, 5) is 0. The van der Waals surface area contributed by atoms with E-state index in [0.29, 0.717) is 0 Å². The van der Waals surface area contributed by atoms with Gasteiger partial charge in [0.05, 0.1) is 28.2 Å². The average molecular weight is 145 g/mol. The third-order valence-electron chi connectivity index (χ3n) is 0. The zero-order chi connectivity index (χ0) is 4.50. The SMILES string of the molecule is C[N+](C)(C)C.O.O.O.[OH-]. The Bertz CT molecular complexity index is 28.0. The number of hydrogen-bond acceptors (Lipinski definition) is 1. The quantitative estimate of drug-likeness (QED) is 0.348. The lowest BCUT2D eigenvalue weighted by molar-refractivity contribution is -0.849. The standard InChI is InChI=1S/C4H12N.4H2O/c1-5(2,3)4;;;;/h1-4H3;4*1H2/q+1;;;;/p-1. The van der Waals surface area contributed by atoms with Crippen LogP contribution in [0.4, 0.5) is 0 Å². The van der Waals surface area contributed by atoms with Gasteiger partial charge in [0.15, 0.2) is 0 Å². The Labute approximate surface area is 55.7 Å². The van der Waals surface area contributed by atoms with Crippen LogP contribution in [0.5, 0.6) is 0 Å². The lowest BCUT2D eigenvalue weighted by atomic mass is 10.8. The summed E-state index contributed by atoms with van der Waals surface area (Å²) in [5, 5.41) is 0. The summed E-state index contributed by atoms with van der Waals surface area (Å²) >= 11 is 0. The molecule has 0 aromatic rings. The van der Waals surface area contributed by atoms with Crippen molar-refractivity contribution in [1.82, 2.24) is 0 Å². The Hall–Kier alpha value is -0.200. The maximum Gasteiger partial charge on any atom is 0.0675 e. The predicted octanol–water partition coefficient (Wildman–Crippen LogP) is -2.33. The first kappa shape index (κ1) is 37.1. The summed E-state index contributed by atoms with van der Waals surface area (Å²) in [5.74, 6) is 0. The molecule has 0 atom stereocenters. The van der Waals surface area contributed by atoms with Gasteiger partial charge in [-0.1, -0.05) is 0 Å². The van der Waals surface area contributed by atoms with Crippen molar-refractivity contribution in [2.24, 2.45) is 0 Å². The molecular weight excluding hydrogens is 126 g/mol. The zero-order valence-electron chi connectivity index (χ0n) is 6.39. The summed E-state index contributed by atoms with van der Waals surface area (Å²) < 4.78 is 1.00. The molecule has 0 bridgehead atoms. The highest BCUT2D eigenvalue weighted by molar-refractivity contribution is 3.87.